The average molecular weight is 333 g/mol. The summed E-state index contributed by atoms with van der Waals surface area (Å²) in [6, 6.07) is 19.6. The highest BCUT2D eigenvalue weighted by atomic mass is 35.5. The van der Waals surface area contributed by atoms with Gasteiger partial charge < -0.3 is 10.5 Å². The average Bonchev–Trinajstić information content (AvgIpc) is 2.62. The fourth-order valence-electron chi connectivity index (χ4n) is 3.09. The summed E-state index contributed by atoms with van der Waals surface area (Å²) in [7, 11) is 0. The van der Waals surface area contributed by atoms with Crippen LogP contribution in [0.2, 0.25) is 5.02 Å². The normalized spacial score (nSPS) is 11.8. The van der Waals surface area contributed by atoms with Gasteiger partial charge in [-0.15, -0.1) is 0 Å². The molecule has 4 rings (SSSR count). The number of nitrogens with two attached hydrogens (primary N) is 1. The van der Waals surface area contributed by atoms with E-state index >= 15 is 0 Å². The minimum Gasteiger partial charge on any atom is -0.488 e. The first kappa shape index (κ1) is 14.6. The molecule has 0 unspecified atom stereocenters. The lowest BCUT2D eigenvalue weighted by atomic mass is 9.88. The molecule has 0 atom stereocenters. The van der Waals surface area contributed by atoms with Gasteiger partial charge >= 0.3 is 0 Å². The van der Waals surface area contributed by atoms with Crippen LogP contribution in [0, 0.1) is 11.3 Å². The van der Waals surface area contributed by atoms with Gasteiger partial charge in [-0.05, 0) is 35.4 Å². The number of nitriles is 1. The Hall–Kier alpha value is -2.96. The number of hydrogen-bond acceptors (Lipinski definition) is 3. The summed E-state index contributed by atoms with van der Waals surface area (Å²) in [5.74, 6) is 0.773. The van der Waals surface area contributed by atoms with E-state index in [1.807, 2.05) is 48.5 Å². The molecular formula is C20H13ClN2O. The van der Waals surface area contributed by atoms with Crippen molar-refractivity contribution in [3.63, 3.8) is 0 Å². The number of anilines is 1. The largest absolute Gasteiger partial charge is 0.488 e. The lowest BCUT2D eigenvalue weighted by molar-refractivity contribution is 0.303. The number of fused-ring (bicyclic) bond motifs is 3. The van der Waals surface area contributed by atoms with E-state index in [1.165, 1.54) is 0 Å². The van der Waals surface area contributed by atoms with Crippen molar-refractivity contribution in [2.24, 2.45) is 0 Å². The second-order valence-electron chi connectivity index (χ2n) is 5.65. The number of ether oxygens (including phenoxy) is 1. The first-order valence-electron chi connectivity index (χ1n) is 7.52. The number of nitrogens with zero attached hydrogens (tertiary/aromatic N) is 1. The summed E-state index contributed by atoms with van der Waals surface area (Å²) in [6.07, 6.45) is 0. The van der Waals surface area contributed by atoms with Gasteiger partial charge in [-0.2, -0.15) is 5.26 Å². The Labute approximate surface area is 144 Å². The maximum absolute atomic E-state index is 9.61. The fraction of sp³-hybridized carbons (Fsp3) is 0.0500. The van der Waals surface area contributed by atoms with E-state index in [1.54, 1.807) is 6.07 Å². The minimum atomic E-state index is 0.347. The molecule has 116 valence electrons. The van der Waals surface area contributed by atoms with Crippen LogP contribution in [0.1, 0.15) is 11.1 Å². The predicted molar refractivity (Wildman–Crippen MR) is 95.8 cm³/mol. The van der Waals surface area contributed by atoms with Gasteiger partial charge in [0.1, 0.15) is 18.4 Å². The maximum Gasteiger partial charge on any atom is 0.127 e. The lowest BCUT2D eigenvalue weighted by Crippen LogP contribution is -2.10. The number of hydrogen-bond donors (Lipinski definition) is 1. The first-order valence-corrected chi connectivity index (χ1v) is 7.90. The second kappa shape index (κ2) is 5.59. The Kier molecular flexibility index (Phi) is 3.41. The van der Waals surface area contributed by atoms with Crippen LogP contribution in [0.4, 0.5) is 5.69 Å². The molecule has 1 aliphatic heterocycles. The number of halogens is 1. The highest BCUT2D eigenvalue weighted by Gasteiger charge is 2.24. The van der Waals surface area contributed by atoms with Crippen LogP contribution >= 0.6 is 11.6 Å². The molecule has 2 N–H and O–H groups in total. The summed E-state index contributed by atoms with van der Waals surface area (Å²) in [5, 5.41) is 10.2. The molecule has 0 fully saturated rings. The third kappa shape index (κ3) is 2.20. The minimum absolute atomic E-state index is 0.347. The molecule has 0 aliphatic carbocycles. The molecule has 0 radical (unpaired) electrons. The molecule has 3 aromatic carbocycles. The topological polar surface area (TPSA) is 59.0 Å². The van der Waals surface area contributed by atoms with E-state index in [0.717, 1.165) is 33.6 Å². The molecule has 1 aliphatic rings. The van der Waals surface area contributed by atoms with Crippen molar-refractivity contribution in [3.8, 4) is 34.1 Å². The summed E-state index contributed by atoms with van der Waals surface area (Å²) >= 11 is 6.16. The highest BCUT2D eigenvalue weighted by Crippen LogP contribution is 2.44. The predicted octanol–water partition coefficient (Wildman–Crippen LogP) is 5.02. The van der Waals surface area contributed by atoms with Crippen molar-refractivity contribution < 1.29 is 4.74 Å². The lowest BCUT2D eigenvalue weighted by Gasteiger charge is -2.24. The van der Waals surface area contributed by atoms with Crippen molar-refractivity contribution in [2.75, 3.05) is 5.73 Å². The monoisotopic (exact) mass is 332 g/mol. The van der Waals surface area contributed by atoms with E-state index in [2.05, 4.69) is 6.07 Å². The molecular weight excluding hydrogens is 320 g/mol. The van der Waals surface area contributed by atoms with Crippen LogP contribution in [0.5, 0.6) is 5.75 Å². The van der Waals surface area contributed by atoms with Crippen molar-refractivity contribution >= 4 is 17.3 Å². The van der Waals surface area contributed by atoms with E-state index in [9.17, 15) is 5.26 Å². The standard InChI is InChI=1S/C20H13ClN2O/c21-13-6-7-19-16(8-13)15-9-14(12-4-2-1-3-5-12)17(10-22)20(23)18(15)11-24-19/h1-9H,11,23H2. The third-order valence-corrected chi connectivity index (χ3v) is 4.51. The molecule has 0 amide bonds. The van der Waals surface area contributed by atoms with Crippen LogP contribution in [0.3, 0.4) is 0 Å². The van der Waals surface area contributed by atoms with Crippen LogP contribution in [0.15, 0.2) is 54.6 Å². The van der Waals surface area contributed by atoms with Crippen LogP contribution < -0.4 is 10.5 Å². The molecule has 3 nitrogen and oxygen atoms in total. The van der Waals surface area contributed by atoms with Crippen molar-refractivity contribution in [2.45, 2.75) is 6.61 Å². The number of nitrogen functional groups attached to an aromatic ring is 1. The molecule has 0 spiro atoms. The van der Waals surface area contributed by atoms with Crippen molar-refractivity contribution in [1.29, 1.82) is 5.26 Å². The first-order chi connectivity index (χ1) is 11.7. The Morgan fingerprint density at radius 1 is 1.00 bits per heavy atom. The van der Waals surface area contributed by atoms with Gasteiger partial charge in [0.2, 0.25) is 0 Å². The van der Waals surface area contributed by atoms with E-state index in [0.29, 0.717) is 22.9 Å². The number of rotatable bonds is 1. The van der Waals surface area contributed by atoms with Gasteiger partial charge in [-0.1, -0.05) is 41.9 Å². The van der Waals surface area contributed by atoms with E-state index < -0.39 is 0 Å². The number of benzene rings is 3. The molecule has 0 saturated carbocycles. The molecule has 0 bridgehead atoms. The van der Waals surface area contributed by atoms with Gasteiger partial charge in [0.15, 0.2) is 0 Å². The van der Waals surface area contributed by atoms with Crippen molar-refractivity contribution in [3.05, 3.63) is 70.7 Å². The van der Waals surface area contributed by atoms with Gasteiger partial charge in [-0.25, -0.2) is 0 Å². The molecule has 3 aromatic rings. The Morgan fingerprint density at radius 3 is 2.54 bits per heavy atom. The molecule has 24 heavy (non-hydrogen) atoms. The summed E-state index contributed by atoms with van der Waals surface area (Å²) in [4.78, 5) is 0. The molecule has 1 heterocycles. The Bertz CT molecular complexity index is 991. The zero-order chi connectivity index (χ0) is 16.7. The second-order valence-corrected chi connectivity index (χ2v) is 6.08. The summed E-state index contributed by atoms with van der Waals surface area (Å²) in [5.41, 5.74) is 11.7. The summed E-state index contributed by atoms with van der Waals surface area (Å²) < 4.78 is 5.78. The van der Waals surface area contributed by atoms with Gasteiger partial charge in [0.25, 0.3) is 0 Å². The zero-order valence-corrected chi connectivity index (χ0v) is 13.5. The SMILES string of the molecule is N#Cc1c(-c2ccccc2)cc2c(c1N)COc1ccc(Cl)cc1-2. The van der Waals surface area contributed by atoms with E-state index in [-0.39, 0.29) is 0 Å². The molecule has 0 aromatic heterocycles. The van der Waals surface area contributed by atoms with Crippen LogP contribution in [-0.4, -0.2) is 0 Å². The third-order valence-electron chi connectivity index (χ3n) is 4.28. The zero-order valence-electron chi connectivity index (χ0n) is 12.7. The van der Waals surface area contributed by atoms with Crippen LogP contribution in [0.25, 0.3) is 22.3 Å². The van der Waals surface area contributed by atoms with E-state index in [4.69, 9.17) is 22.1 Å². The molecule has 4 heteroatoms. The fourth-order valence-corrected chi connectivity index (χ4v) is 3.27. The Morgan fingerprint density at radius 2 is 1.79 bits per heavy atom. The highest BCUT2D eigenvalue weighted by molar-refractivity contribution is 6.31. The van der Waals surface area contributed by atoms with Gasteiger partial charge in [-0.3, -0.25) is 0 Å². The van der Waals surface area contributed by atoms with Gasteiger partial charge in [0, 0.05) is 21.7 Å². The smallest absolute Gasteiger partial charge is 0.127 e. The maximum atomic E-state index is 9.61. The van der Waals surface area contributed by atoms with Gasteiger partial charge in [0.05, 0.1) is 11.3 Å². The molecule has 0 saturated heterocycles. The van der Waals surface area contributed by atoms with Crippen molar-refractivity contribution in [1.82, 2.24) is 0 Å². The Balaban J connectivity index is 2.04. The summed E-state index contributed by atoms with van der Waals surface area (Å²) in [6.45, 7) is 0.347. The van der Waals surface area contributed by atoms with Crippen LogP contribution in [-0.2, 0) is 6.61 Å². The quantitative estimate of drug-likeness (QED) is 0.636.